The molecule has 0 amide bonds. The van der Waals surface area contributed by atoms with Gasteiger partial charge in [-0.05, 0) is 0 Å². The molecule has 1 saturated heterocycles. The first-order valence-corrected chi connectivity index (χ1v) is 3.09. The number of carbonyl (C=O) groups is 1. The van der Waals surface area contributed by atoms with Crippen LogP contribution >= 0.6 is 0 Å². The standard InChI is InChI=1S/C5H2F6O3/c6-4(7,8)3(5(9,10)11)13-1-2(12)14-3/h1H2. The molecule has 82 valence electrons. The summed E-state index contributed by atoms with van der Waals surface area (Å²) in [6.45, 7) is -1.38. The number of hydrogen-bond acceptors (Lipinski definition) is 3. The summed E-state index contributed by atoms with van der Waals surface area (Å²) in [4.78, 5) is 10.2. The lowest BCUT2D eigenvalue weighted by Gasteiger charge is -2.29. The average Bonchev–Trinajstić information content (AvgIpc) is 2.28. The minimum absolute atomic E-state index is 1.38. The normalized spacial score (nSPS) is 22.3. The van der Waals surface area contributed by atoms with Crippen LogP contribution in [0.5, 0.6) is 0 Å². The fraction of sp³-hybridized carbons (Fsp3) is 0.800. The van der Waals surface area contributed by atoms with Gasteiger partial charge in [0.15, 0.2) is 0 Å². The van der Waals surface area contributed by atoms with Gasteiger partial charge in [-0.15, -0.1) is 0 Å². The predicted molar refractivity (Wildman–Crippen MR) is 26.9 cm³/mol. The number of halogens is 6. The van der Waals surface area contributed by atoms with E-state index in [2.05, 4.69) is 9.47 Å². The summed E-state index contributed by atoms with van der Waals surface area (Å²) in [6.07, 6.45) is -11.7. The Labute approximate surface area is 72.6 Å². The van der Waals surface area contributed by atoms with E-state index in [9.17, 15) is 31.1 Å². The number of esters is 1. The summed E-state index contributed by atoms with van der Waals surface area (Å²) < 4.78 is 78.3. The molecule has 0 N–H and O–H groups in total. The molecule has 0 aromatic rings. The number of carbonyl (C=O) groups excluding carboxylic acids is 1. The minimum atomic E-state index is -5.85. The Morgan fingerprint density at radius 1 is 1.07 bits per heavy atom. The van der Waals surface area contributed by atoms with Crippen molar-refractivity contribution in [3.63, 3.8) is 0 Å². The molecule has 0 aromatic carbocycles. The molecule has 14 heavy (non-hydrogen) atoms. The minimum Gasteiger partial charge on any atom is -0.414 e. The molecule has 0 bridgehead atoms. The molecule has 0 radical (unpaired) electrons. The molecule has 1 aliphatic heterocycles. The van der Waals surface area contributed by atoms with Crippen LogP contribution in [-0.2, 0) is 14.3 Å². The smallest absolute Gasteiger partial charge is 0.414 e. The third-order valence-corrected chi connectivity index (χ3v) is 1.40. The molecular weight excluding hydrogens is 222 g/mol. The van der Waals surface area contributed by atoms with Gasteiger partial charge in [-0.1, -0.05) is 0 Å². The predicted octanol–water partition coefficient (Wildman–Crippen LogP) is 1.38. The van der Waals surface area contributed by atoms with Crippen LogP contribution in [0.25, 0.3) is 0 Å². The van der Waals surface area contributed by atoms with E-state index in [0.717, 1.165) is 0 Å². The Bertz CT molecular complexity index is 239. The number of alkyl halides is 6. The Morgan fingerprint density at radius 2 is 1.50 bits per heavy atom. The van der Waals surface area contributed by atoms with Crippen LogP contribution < -0.4 is 0 Å². The Kier molecular flexibility index (Phi) is 2.18. The summed E-state index contributed by atoms with van der Waals surface area (Å²) >= 11 is 0. The van der Waals surface area contributed by atoms with Crippen molar-refractivity contribution in [2.24, 2.45) is 0 Å². The zero-order valence-electron chi connectivity index (χ0n) is 6.20. The van der Waals surface area contributed by atoms with E-state index in [1.807, 2.05) is 0 Å². The van der Waals surface area contributed by atoms with Crippen LogP contribution in [0.4, 0.5) is 26.3 Å². The van der Waals surface area contributed by atoms with E-state index in [4.69, 9.17) is 0 Å². The highest BCUT2D eigenvalue weighted by atomic mass is 19.4. The molecular formula is C5H2F6O3. The van der Waals surface area contributed by atoms with Crippen LogP contribution in [0.3, 0.4) is 0 Å². The molecule has 9 heteroatoms. The summed E-state index contributed by atoms with van der Waals surface area (Å²) in [5.41, 5.74) is 0. The molecule has 1 aliphatic rings. The highest BCUT2D eigenvalue weighted by Gasteiger charge is 2.78. The van der Waals surface area contributed by atoms with E-state index < -0.39 is 30.7 Å². The molecule has 0 saturated carbocycles. The van der Waals surface area contributed by atoms with Gasteiger partial charge in [0.05, 0.1) is 0 Å². The average molecular weight is 224 g/mol. The molecule has 0 spiro atoms. The van der Waals surface area contributed by atoms with E-state index in [-0.39, 0.29) is 0 Å². The summed E-state index contributed by atoms with van der Waals surface area (Å²) in [7, 11) is 0. The van der Waals surface area contributed by atoms with Crippen LogP contribution in [-0.4, -0.2) is 30.7 Å². The van der Waals surface area contributed by atoms with Gasteiger partial charge in [0.25, 0.3) is 0 Å². The second-order valence-electron chi connectivity index (χ2n) is 2.37. The van der Waals surface area contributed by atoms with Crippen molar-refractivity contribution < 1.29 is 40.6 Å². The monoisotopic (exact) mass is 224 g/mol. The zero-order valence-corrected chi connectivity index (χ0v) is 6.20. The van der Waals surface area contributed by atoms with Crippen molar-refractivity contribution in [3.8, 4) is 0 Å². The van der Waals surface area contributed by atoms with Gasteiger partial charge in [-0.25, -0.2) is 4.79 Å². The maximum absolute atomic E-state index is 12.0. The van der Waals surface area contributed by atoms with Crippen molar-refractivity contribution in [2.45, 2.75) is 18.1 Å². The second kappa shape index (κ2) is 2.75. The summed E-state index contributed by atoms with van der Waals surface area (Å²) in [5, 5.41) is 0. The SMILES string of the molecule is O=C1COC(C(F)(F)F)(C(F)(F)F)O1. The van der Waals surface area contributed by atoms with E-state index in [1.165, 1.54) is 0 Å². The van der Waals surface area contributed by atoms with Crippen molar-refractivity contribution in [3.05, 3.63) is 0 Å². The molecule has 0 unspecified atom stereocenters. The van der Waals surface area contributed by atoms with Gasteiger partial charge in [0, 0.05) is 0 Å². The van der Waals surface area contributed by atoms with Gasteiger partial charge in [-0.3, -0.25) is 0 Å². The zero-order chi connectivity index (χ0) is 11.2. The highest BCUT2D eigenvalue weighted by Crippen LogP contribution is 2.48. The molecule has 0 atom stereocenters. The van der Waals surface area contributed by atoms with E-state index >= 15 is 0 Å². The van der Waals surface area contributed by atoms with Crippen LogP contribution in [0.15, 0.2) is 0 Å². The Hall–Kier alpha value is -0.990. The van der Waals surface area contributed by atoms with Crippen molar-refractivity contribution in [1.29, 1.82) is 0 Å². The van der Waals surface area contributed by atoms with Gasteiger partial charge in [0.1, 0.15) is 6.61 Å². The lowest BCUT2D eigenvalue weighted by atomic mass is 10.2. The topological polar surface area (TPSA) is 35.5 Å². The van der Waals surface area contributed by atoms with Crippen molar-refractivity contribution >= 4 is 5.97 Å². The third kappa shape index (κ3) is 1.41. The van der Waals surface area contributed by atoms with E-state index in [1.54, 1.807) is 0 Å². The fourth-order valence-corrected chi connectivity index (χ4v) is 0.820. The van der Waals surface area contributed by atoms with Gasteiger partial charge in [0.2, 0.25) is 0 Å². The second-order valence-corrected chi connectivity index (χ2v) is 2.37. The van der Waals surface area contributed by atoms with Crippen LogP contribution in [0.1, 0.15) is 0 Å². The molecule has 3 nitrogen and oxygen atoms in total. The van der Waals surface area contributed by atoms with Gasteiger partial charge < -0.3 is 9.47 Å². The first-order valence-electron chi connectivity index (χ1n) is 3.09. The van der Waals surface area contributed by atoms with Crippen molar-refractivity contribution in [1.82, 2.24) is 0 Å². The molecule has 1 fully saturated rings. The maximum Gasteiger partial charge on any atom is 0.465 e. The molecule has 0 aliphatic carbocycles. The number of ether oxygens (including phenoxy) is 2. The number of hydrogen-bond donors (Lipinski definition) is 0. The summed E-state index contributed by atoms with van der Waals surface area (Å²) in [6, 6.07) is 0. The lowest BCUT2D eigenvalue weighted by Crippen LogP contribution is -2.57. The third-order valence-electron chi connectivity index (χ3n) is 1.40. The summed E-state index contributed by atoms with van der Waals surface area (Å²) in [5.74, 6) is -6.52. The van der Waals surface area contributed by atoms with Crippen LogP contribution in [0, 0.1) is 0 Å². The Balaban J connectivity index is 3.12. The number of rotatable bonds is 0. The largest absolute Gasteiger partial charge is 0.465 e. The van der Waals surface area contributed by atoms with Gasteiger partial charge >= 0.3 is 24.1 Å². The Morgan fingerprint density at radius 3 is 1.64 bits per heavy atom. The van der Waals surface area contributed by atoms with Gasteiger partial charge in [-0.2, -0.15) is 26.3 Å². The molecule has 1 rings (SSSR count). The molecule has 0 aromatic heterocycles. The maximum atomic E-state index is 12.0. The van der Waals surface area contributed by atoms with E-state index in [0.29, 0.717) is 0 Å². The molecule has 1 heterocycles. The highest BCUT2D eigenvalue weighted by molar-refractivity contribution is 5.73. The first-order chi connectivity index (χ1) is 6.10. The lowest BCUT2D eigenvalue weighted by molar-refractivity contribution is -0.435. The quantitative estimate of drug-likeness (QED) is 0.460. The number of cyclic esters (lactones) is 1. The van der Waals surface area contributed by atoms with Crippen LogP contribution in [0.2, 0.25) is 0 Å². The first kappa shape index (κ1) is 11.1. The fourth-order valence-electron chi connectivity index (χ4n) is 0.820. The van der Waals surface area contributed by atoms with Crippen molar-refractivity contribution in [2.75, 3.05) is 6.61 Å².